The number of benzene rings is 1. The summed E-state index contributed by atoms with van der Waals surface area (Å²) in [5.41, 5.74) is 5.61. The lowest BCUT2D eigenvalue weighted by atomic mass is 9.73. The predicted molar refractivity (Wildman–Crippen MR) is 109 cm³/mol. The van der Waals surface area contributed by atoms with E-state index in [1.807, 2.05) is 0 Å². The number of phenols is 2. The van der Waals surface area contributed by atoms with Crippen LogP contribution in [0.2, 0.25) is 0 Å². The van der Waals surface area contributed by atoms with Crippen molar-refractivity contribution >= 4 is 11.9 Å². The zero-order valence-corrected chi connectivity index (χ0v) is 18.2. The highest BCUT2D eigenvalue weighted by molar-refractivity contribution is 5.96. The fraction of sp³-hybridized carbons (Fsp3) is 0.636. The third-order valence-electron chi connectivity index (χ3n) is 6.96. The first-order valence-electron chi connectivity index (χ1n) is 10.4. The van der Waals surface area contributed by atoms with Crippen LogP contribution in [-0.4, -0.2) is 62.8 Å². The first-order chi connectivity index (χ1) is 14.3. The zero-order valence-electron chi connectivity index (χ0n) is 18.2. The summed E-state index contributed by atoms with van der Waals surface area (Å²) in [4.78, 5) is 24.1. The number of rotatable bonds is 5. The van der Waals surface area contributed by atoms with Gasteiger partial charge >= 0.3 is 5.97 Å². The Labute approximate surface area is 180 Å². The van der Waals surface area contributed by atoms with E-state index in [-0.39, 0.29) is 36.3 Å². The molecular formula is C22H31NO8. The molecule has 9 nitrogen and oxygen atoms in total. The predicted octanol–water partition coefficient (Wildman–Crippen LogP) is 0.905. The van der Waals surface area contributed by atoms with Crippen molar-refractivity contribution < 1.29 is 39.5 Å². The lowest BCUT2D eigenvalue weighted by Gasteiger charge is -2.46. The molecule has 1 fully saturated rings. The summed E-state index contributed by atoms with van der Waals surface area (Å²) in [6, 6.07) is 1.11. The lowest BCUT2D eigenvalue weighted by molar-refractivity contribution is -0.190. The fourth-order valence-electron chi connectivity index (χ4n) is 4.40. The minimum atomic E-state index is -0.978. The quantitative estimate of drug-likeness (QED) is 0.425. The first kappa shape index (κ1) is 23.3. The summed E-state index contributed by atoms with van der Waals surface area (Å²) in [7, 11) is 0. The number of amides is 1. The average molecular weight is 437 g/mol. The number of esters is 1. The van der Waals surface area contributed by atoms with Crippen molar-refractivity contribution in [2.75, 3.05) is 0 Å². The minimum Gasteiger partial charge on any atom is -0.508 e. The van der Waals surface area contributed by atoms with Crippen molar-refractivity contribution in [3.8, 4) is 11.5 Å². The molecule has 6 atom stereocenters. The zero-order chi connectivity index (χ0) is 23.2. The molecule has 0 spiro atoms. The molecule has 1 aromatic rings. The maximum Gasteiger partial charge on any atom is 0.342 e. The Morgan fingerprint density at radius 1 is 1.32 bits per heavy atom. The number of carbonyl (C=O) groups excluding carboxylic acids is 2. The van der Waals surface area contributed by atoms with Crippen LogP contribution in [0.1, 0.15) is 55.1 Å². The lowest BCUT2D eigenvalue weighted by Crippen LogP contribution is -2.55. The fourth-order valence-corrected chi connectivity index (χ4v) is 4.40. The van der Waals surface area contributed by atoms with Gasteiger partial charge in [-0.05, 0) is 18.1 Å². The molecule has 0 saturated carbocycles. The third-order valence-corrected chi connectivity index (χ3v) is 6.96. The number of aliphatic hydroxyl groups is 2. The van der Waals surface area contributed by atoms with Crippen LogP contribution in [0.5, 0.6) is 11.5 Å². The standard InChI is InChI=1S/C22H31NO8/c1-9-11-5-15(31-21(29)19(11)14(26)6-12(9)24)10(2)13(25)7-18-22(3,4)17(27)8-16(30-18)20(23)28/h6,10,13,15-18,24-27H,5,7-8H2,1-4H3,(H2,23,28)/t10-,13+,15-,16+,17-,18-/m1/s1. The number of aliphatic hydroxyl groups excluding tert-OH is 2. The molecule has 0 unspecified atom stereocenters. The molecule has 1 aromatic carbocycles. The second-order valence-electron chi connectivity index (χ2n) is 9.29. The molecule has 0 aromatic heterocycles. The normalized spacial score (nSPS) is 29.5. The van der Waals surface area contributed by atoms with Crippen molar-refractivity contribution in [1.82, 2.24) is 0 Å². The molecule has 1 saturated heterocycles. The molecule has 0 radical (unpaired) electrons. The van der Waals surface area contributed by atoms with E-state index in [2.05, 4.69) is 0 Å². The molecule has 0 bridgehead atoms. The molecule has 3 rings (SSSR count). The Hall–Kier alpha value is -2.36. The van der Waals surface area contributed by atoms with Gasteiger partial charge in [0, 0.05) is 36.7 Å². The molecule has 2 aliphatic heterocycles. The minimum absolute atomic E-state index is 0.0254. The number of hydrogen-bond donors (Lipinski definition) is 5. The highest BCUT2D eigenvalue weighted by Crippen LogP contribution is 2.41. The summed E-state index contributed by atoms with van der Waals surface area (Å²) in [5.74, 6) is -2.38. The summed E-state index contributed by atoms with van der Waals surface area (Å²) < 4.78 is 11.3. The number of nitrogens with two attached hydrogens (primary N) is 1. The summed E-state index contributed by atoms with van der Waals surface area (Å²) in [6.07, 6.45) is -3.69. The number of hydrogen-bond acceptors (Lipinski definition) is 8. The van der Waals surface area contributed by atoms with Gasteiger partial charge in [-0.25, -0.2) is 4.79 Å². The van der Waals surface area contributed by atoms with Crippen LogP contribution in [0.3, 0.4) is 0 Å². The van der Waals surface area contributed by atoms with Crippen molar-refractivity contribution in [3.63, 3.8) is 0 Å². The van der Waals surface area contributed by atoms with E-state index >= 15 is 0 Å². The molecule has 31 heavy (non-hydrogen) atoms. The van der Waals surface area contributed by atoms with Crippen LogP contribution in [0.15, 0.2) is 6.07 Å². The van der Waals surface area contributed by atoms with Crippen molar-refractivity contribution in [2.24, 2.45) is 17.1 Å². The van der Waals surface area contributed by atoms with Gasteiger partial charge in [-0.15, -0.1) is 0 Å². The summed E-state index contributed by atoms with van der Waals surface area (Å²) >= 11 is 0. The average Bonchev–Trinajstić information content (AvgIpc) is 2.68. The molecule has 0 aliphatic carbocycles. The van der Waals surface area contributed by atoms with E-state index in [0.29, 0.717) is 11.1 Å². The second kappa shape index (κ2) is 8.29. The Morgan fingerprint density at radius 3 is 2.58 bits per heavy atom. The number of cyclic esters (lactones) is 1. The van der Waals surface area contributed by atoms with Gasteiger partial charge in [0.15, 0.2) is 0 Å². The highest BCUT2D eigenvalue weighted by Gasteiger charge is 2.47. The molecule has 6 N–H and O–H groups in total. The monoisotopic (exact) mass is 437 g/mol. The van der Waals surface area contributed by atoms with Crippen LogP contribution >= 0.6 is 0 Å². The third kappa shape index (κ3) is 4.22. The highest BCUT2D eigenvalue weighted by atomic mass is 16.5. The topological polar surface area (TPSA) is 160 Å². The summed E-state index contributed by atoms with van der Waals surface area (Å²) in [6.45, 7) is 6.96. The van der Waals surface area contributed by atoms with Crippen LogP contribution < -0.4 is 5.73 Å². The van der Waals surface area contributed by atoms with E-state index in [1.54, 1.807) is 27.7 Å². The number of aromatic hydroxyl groups is 2. The van der Waals surface area contributed by atoms with E-state index < -0.39 is 53.7 Å². The maximum atomic E-state index is 12.5. The van der Waals surface area contributed by atoms with E-state index in [0.717, 1.165) is 6.07 Å². The number of fused-ring (bicyclic) bond motifs is 1. The van der Waals surface area contributed by atoms with Crippen LogP contribution in [0.25, 0.3) is 0 Å². The van der Waals surface area contributed by atoms with E-state index in [9.17, 15) is 30.0 Å². The largest absolute Gasteiger partial charge is 0.508 e. The molecule has 9 heteroatoms. The number of carbonyl (C=O) groups is 2. The van der Waals surface area contributed by atoms with Gasteiger partial charge in [-0.1, -0.05) is 20.8 Å². The number of ether oxygens (including phenoxy) is 2. The van der Waals surface area contributed by atoms with Gasteiger partial charge in [0.05, 0.1) is 18.3 Å². The van der Waals surface area contributed by atoms with Gasteiger partial charge in [0.25, 0.3) is 0 Å². The Balaban J connectivity index is 1.78. The smallest absolute Gasteiger partial charge is 0.342 e. The first-order valence-corrected chi connectivity index (χ1v) is 10.4. The van der Waals surface area contributed by atoms with Crippen molar-refractivity contribution in [2.45, 2.75) is 77.5 Å². The van der Waals surface area contributed by atoms with Gasteiger partial charge in [-0.2, -0.15) is 0 Å². The molecule has 2 aliphatic rings. The molecule has 172 valence electrons. The molecule has 1 amide bonds. The molecule has 2 heterocycles. The van der Waals surface area contributed by atoms with E-state index in [1.165, 1.54) is 0 Å². The number of primary amides is 1. The van der Waals surface area contributed by atoms with Crippen LogP contribution in [0, 0.1) is 18.3 Å². The Kier molecular flexibility index (Phi) is 6.23. The number of phenolic OH excluding ortho intramolecular Hbond substituents is 2. The van der Waals surface area contributed by atoms with Crippen LogP contribution in [-0.2, 0) is 20.7 Å². The van der Waals surface area contributed by atoms with Gasteiger partial charge < -0.3 is 35.6 Å². The summed E-state index contributed by atoms with van der Waals surface area (Å²) in [5, 5.41) is 41.4. The Morgan fingerprint density at radius 2 is 1.97 bits per heavy atom. The van der Waals surface area contributed by atoms with Crippen molar-refractivity contribution in [3.05, 3.63) is 22.8 Å². The molecular weight excluding hydrogens is 406 g/mol. The second-order valence-corrected chi connectivity index (χ2v) is 9.29. The van der Waals surface area contributed by atoms with E-state index in [4.69, 9.17) is 15.2 Å². The van der Waals surface area contributed by atoms with Gasteiger partial charge in [-0.3, -0.25) is 4.79 Å². The van der Waals surface area contributed by atoms with Crippen LogP contribution in [0.4, 0.5) is 0 Å². The Bertz CT molecular complexity index is 883. The maximum absolute atomic E-state index is 12.5. The van der Waals surface area contributed by atoms with Gasteiger partial charge in [0.2, 0.25) is 5.91 Å². The van der Waals surface area contributed by atoms with Crippen molar-refractivity contribution in [1.29, 1.82) is 0 Å². The van der Waals surface area contributed by atoms with Gasteiger partial charge in [0.1, 0.15) is 29.3 Å². The SMILES string of the molecule is Cc1c(O)cc(O)c2c1C[C@H]([C@H](C)[C@@H](O)C[C@H]1O[C@H](C(N)=O)C[C@@H](O)C1(C)C)OC2=O.